The number of carboxylic acids is 2. The number of rotatable bonds is 5. The second-order valence-corrected chi connectivity index (χ2v) is 5.70. The van der Waals surface area contributed by atoms with Gasteiger partial charge in [-0.3, -0.25) is 9.47 Å². The van der Waals surface area contributed by atoms with Crippen LogP contribution in [0.4, 0.5) is 0 Å². The summed E-state index contributed by atoms with van der Waals surface area (Å²) in [6.07, 6.45) is 7.69. The van der Waals surface area contributed by atoms with Crippen molar-refractivity contribution in [1.82, 2.24) is 9.58 Å². The summed E-state index contributed by atoms with van der Waals surface area (Å²) in [5.41, 5.74) is 0. The van der Waals surface area contributed by atoms with Crippen LogP contribution in [0, 0.1) is 0 Å². The molecule has 2 N–H and O–H groups in total. The number of carbonyl (C=O) groups excluding carboxylic acids is 1. The Bertz CT molecular complexity index is 573. The maximum atomic E-state index is 12.1. The summed E-state index contributed by atoms with van der Waals surface area (Å²) >= 11 is 0. The number of hydrogen-bond acceptors (Lipinski definition) is 4. The van der Waals surface area contributed by atoms with Gasteiger partial charge in [0.1, 0.15) is 0 Å². The van der Waals surface area contributed by atoms with Gasteiger partial charge in [0.05, 0.1) is 6.04 Å². The minimum atomic E-state index is -1.26. The van der Waals surface area contributed by atoms with Crippen molar-refractivity contribution < 1.29 is 24.6 Å². The second-order valence-electron chi connectivity index (χ2n) is 5.70. The predicted octanol–water partition coefficient (Wildman–Crippen LogP) is 1.17. The van der Waals surface area contributed by atoms with Crippen LogP contribution in [0.2, 0.25) is 0 Å². The SMILES string of the molecule is CCC(=O)N(C1CCN(C)CC1)n1cccc1.O=C(O)/C=C\C(=O)O. The molecule has 0 bridgehead atoms. The zero-order valence-electron chi connectivity index (χ0n) is 14.5. The monoisotopic (exact) mass is 351 g/mol. The number of carboxylic acid groups (broad SMARTS) is 2. The Morgan fingerprint density at radius 1 is 1.08 bits per heavy atom. The molecule has 1 fully saturated rings. The molecule has 0 unspecified atom stereocenters. The van der Waals surface area contributed by atoms with Crippen LogP contribution in [0.5, 0.6) is 0 Å². The Balaban J connectivity index is 0.000000333. The number of likely N-dealkylation sites (tertiary alicyclic amines) is 1. The van der Waals surface area contributed by atoms with Crippen molar-refractivity contribution in [2.75, 3.05) is 25.1 Å². The van der Waals surface area contributed by atoms with Gasteiger partial charge in [0, 0.05) is 31.0 Å². The second kappa shape index (κ2) is 10.3. The number of amides is 1. The Kier molecular flexibility index (Phi) is 8.42. The van der Waals surface area contributed by atoms with E-state index in [-0.39, 0.29) is 5.91 Å². The van der Waals surface area contributed by atoms with Crippen LogP contribution >= 0.6 is 0 Å². The molecule has 0 spiro atoms. The van der Waals surface area contributed by atoms with Crippen molar-refractivity contribution in [3.63, 3.8) is 0 Å². The van der Waals surface area contributed by atoms with E-state index in [1.165, 1.54) is 0 Å². The predicted molar refractivity (Wildman–Crippen MR) is 92.9 cm³/mol. The van der Waals surface area contributed by atoms with E-state index in [2.05, 4.69) is 11.9 Å². The van der Waals surface area contributed by atoms with E-state index in [1.807, 2.05) is 41.1 Å². The molecule has 1 aromatic rings. The Labute approximate surface area is 146 Å². The minimum Gasteiger partial charge on any atom is -0.478 e. The molecule has 8 nitrogen and oxygen atoms in total. The van der Waals surface area contributed by atoms with Crippen molar-refractivity contribution in [2.45, 2.75) is 32.2 Å². The average molecular weight is 351 g/mol. The normalized spacial score (nSPS) is 15.4. The van der Waals surface area contributed by atoms with Crippen molar-refractivity contribution in [3.05, 3.63) is 36.7 Å². The van der Waals surface area contributed by atoms with E-state index in [9.17, 15) is 14.4 Å². The van der Waals surface area contributed by atoms with Gasteiger partial charge in [-0.1, -0.05) is 6.92 Å². The average Bonchev–Trinajstić information content (AvgIpc) is 3.09. The van der Waals surface area contributed by atoms with Gasteiger partial charge in [0.15, 0.2) is 0 Å². The Hall–Kier alpha value is -2.61. The van der Waals surface area contributed by atoms with Crippen molar-refractivity contribution >= 4 is 17.8 Å². The van der Waals surface area contributed by atoms with Gasteiger partial charge >= 0.3 is 11.9 Å². The first-order valence-electron chi connectivity index (χ1n) is 8.13. The summed E-state index contributed by atoms with van der Waals surface area (Å²) in [4.78, 5) is 33.5. The first-order chi connectivity index (χ1) is 11.8. The van der Waals surface area contributed by atoms with Crippen LogP contribution in [-0.2, 0) is 14.4 Å². The van der Waals surface area contributed by atoms with Gasteiger partial charge in [-0.25, -0.2) is 14.6 Å². The number of hydrogen-bond donors (Lipinski definition) is 2. The highest BCUT2D eigenvalue weighted by Gasteiger charge is 2.26. The van der Waals surface area contributed by atoms with Gasteiger partial charge in [0.25, 0.3) is 0 Å². The maximum absolute atomic E-state index is 12.1. The van der Waals surface area contributed by atoms with E-state index in [4.69, 9.17) is 10.2 Å². The maximum Gasteiger partial charge on any atom is 0.328 e. The summed E-state index contributed by atoms with van der Waals surface area (Å²) in [6, 6.07) is 4.27. The smallest absolute Gasteiger partial charge is 0.328 e. The van der Waals surface area contributed by atoms with Gasteiger partial charge in [-0.15, -0.1) is 0 Å². The topological polar surface area (TPSA) is 103 Å². The van der Waals surface area contributed by atoms with Crippen molar-refractivity contribution in [2.24, 2.45) is 0 Å². The van der Waals surface area contributed by atoms with Gasteiger partial charge in [-0.05, 0) is 45.1 Å². The molecule has 1 saturated heterocycles. The van der Waals surface area contributed by atoms with Gasteiger partial charge in [0.2, 0.25) is 5.91 Å². The lowest BCUT2D eigenvalue weighted by Gasteiger charge is -2.37. The molecular weight excluding hydrogens is 326 g/mol. The molecule has 0 radical (unpaired) electrons. The molecule has 2 heterocycles. The summed E-state index contributed by atoms with van der Waals surface area (Å²) in [6.45, 7) is 4.06. The summed E-state index contributed by atoms with van der Waals surface area (Å²) in [5, 5.41) is 17.5. The van der Waals surface area contributed by atoms with E-state index >= 15 is 0 Å². The highest BCUT2D eigenvalue weighted by Crippen LogP contribution is 2.16. The molecule has 8 heteroatoms. The first-order valence-corrected chi connectivity index (χ1v) is 8.13. The first kappa shape index (κ1) is 20.4. The lowest BCUT2D eigenvalue weighted by Crippen LogP contribution is -2.51. The molecule has 0 atom stereocenters. The molecule has 25 heavy (non-hydrogen) atoms. The molecule has 0 aliphatic carbocycles. The molecule has 138 valence electrons. The van der Waals surface area contributed by atoms with Crippen LogP contribution in [0.3, 0.4) is 0 Å². The highest BCUT2D eigenvalue weighted by atomic mass is 16.4. The fourth-order valence-corrected chi connectivity index (χ4v) is 2.53. The highest BCUT2D eigenvalue weighted by molar-refractivity contribution is 5.89. The lowest BCUT2D eigenvalue weighted by atomic mass is 10.0. The standard InChI is InChI=1S/C13H21N3O.C4H4O4/c1-3-13(17)16(15-8-4-5-9-15)12-6-10-14(2)11-7-12;5-3(6)1-2-4(7)8/h4-5,8-9,12H,3,6-7,10-11H2,1-2H3;1-2H,(H,5,6)(H,7,8)/b;2-1-. The largest absolute Gasteiger partial charge is 0.478 e. The fourth-order valence-electron chi connectivity index (χ4n) is 2.53. The quantitative estimate of drug-likeness (QED) is 0.772. The van der Waals surface area contributed by atoms with Crippen molar-refractivity contribution in [3.8, 4) is 0 Å². The van der Waals surface area contributed by atoms with Gasteiger partial charge in [-0.2, -0.15) is 0 Å². The zero-order chi connectivity index (χ0) is 18.8. The zero-order valence-corrected chi connectivity index (χ0v) is 14.5. The third-order valence-electron chi connectivity index (χ3n) is 3.80. The molecule has 2 rings (SSSR count). The molecule has 1 aliphatic rings. The van der Waals surface area contributed by atoms with Crippen LogP contribution in [0.25, 0.3) is 0 Å². The molecule has 0 saturated carbocycles. The van der Waals surface area contributed by atoms with E-state index in [0.29, 0.717) is 24.6 Å². The number of piperidine rings is 1. The Morgan fingerprint density at radius 2 is 1.56 bits per heavy atom. The van der Waals surface area contributed by atoms with E-state index in [1.54, 1.807) is 0 Å². The number of carbonyl (C=O) groups is 3. The van der Waals surface area contributed by atoms with Crippen molar-refractivity contribution in [1.29, 1.82) is 0 Å². The van der Waals surface area contributed by atoms with E-state index < -0.39 is 11.9 Å². The fraction of sp³-hybridized carbons (Fsp3) is 0.471. The third kappa shape index (κ3) is 7.21. The minimum absolute atomic E-state index is 0.204. The Morgan fingerprint density at radius 3 is 1.96 bits per heavy atom. The number of aromatic nitrogens is 1. The number of aliphatic carboxylic acids is 2. The van der Waals surface area contributed by atoms with Crippen LogP contribution < -0.4 is 5.01 Å². The third-order valence-corrected chi connectivity index (χ3v) is 3.80. The summed E-state index contributed by atoms with van der Waals surface area (Å²) in [7, 11) is 2.14. The molecule has 0 aromatic carbocycles. The lowest BCUT2D eigenvalue weighted by molar-refractivity contribution is -0.134. The van der Waals surface area contributed by atoms with Crippen LogP contribution in [-0.4, -0.2) is 63.8 Å². The van der Waals surface area contributed by atoms with Gasteiger partial charge < -0.3 is 15.1 Å². The summed E-state index contributed by atoms with van der Waals surface area (Å²) < 4.78 is 1.93. The van der Waals surface area contributed by atoms with Crippen LogP contribution in [0.1, 0.15) is 26.2 Å². The molecule has 1 aromatic heterocycles. The summed E-state index contributed by atoms with van der Waals surface area (Å²) in [5.74, 6) is -2.31. The van der Waals surface area contributed by atoms with Crippen LogP contribution in [0.15, 0.2) is 36.7 Å². The van der Waals surface area contributed by atoms with E-state index in [0.717, 1.165) is 25.9 Å². The molecular formula is C17H25N3O5. The molecule has 1 aliphatic heterocycles. The number of nitrogens with zero attached hydrogens (tertiary/aromatic N) is 3. The molecule has 1 amide bonds.